The van der Waals surface area contributed by atoms with Crippen LogP contribution < -0.4 is 10.2 Å². The summed E-state index contributed by atoms with van der Waals surface area (Å²) >= 11 is 0. The largest absolute Gasteiger partial charge is 0.369 e. The van der Waals surface area contributed by atoms with Crippen molar-refractivity contribution in [1.82, 2.24) is 20.0 Å². The van der Waals surface area contributed by atoms with Gasteiger partial charge in [-0.25, -0.2) is 4.39 Å². The molecule has 156 valence electrons. The molecule has 0 radical (unpaired) electrons. The van der Waals surface area contributed by atoms with Crippen LogP contribution in [-0.4, -0.2) is 59.9 Å². The summed E-state index contributed by atoms with van der Waals surface area (Å²) in [5.74, 6) is -0.271. The van der Waals surface area contributed by atoms with Crippen molar-refractivity contribution in [3.05, 3.63) is 84.4 Å². The molecule has 0 spiro atoms. The summed E-state index contributed by atoms with van der Waals surface area (Å²) in [5, 5.41) is 7.34. The highest BCUT2D eigenvalue weighted by Crippen LogP contribution is 2.18. The smallest absolute Gasteiger partial charge is 0.249 e. The molecule has 1 amide bonds. The van der Waals surface area contributed by atoms with Crippen LogP contribution in [0.15, 0.2) is 73.1 Å². The molecule has 4 rings (SSSR count). The number of halogens is 1. The van der Waals surface area contributed by atoms with Gasteiger partial charge >= 0.3 is 0 Å². The molecule has 0 aliphatic carbocycles. The first-order valence-corrected chi connectivity index (χ1v) is 10.3. The molecule has 1 unspecified atom stereocenters. The van der Waals surface area contributed by atoms with Gasteiger partial charge in [0.05, 0.1) is 0 Å². The standard InChI is InChI=1S/C23H26FN5O/c24-20-7-9-21(10-8-20)28-17-15-27(16-18-28)14-12-25-23(30)22(29-13-4-11-26-29)19-5-2-1-3-6-19/h1-11,13,22H,12,14-18H2,(H,25,30). The number of carbonyl (C=O) groups is 1. The zero-order valence-corrected chi connectivity index (χ0v) is 16.8. The monoisotopic (exact) mass is 407 g/mol. The van der Waals surface area contributed by atoms with E-state index in [9.17, 15) is 9.18 Å². The Morgan fingerprint density at radius 2 is 1.73 bits per heavy atom. The Labute approximate surface area is 175 Å². The number of hydrogen-bond donors (Lipinski definition) is 1. The van der Waals surface area contributed by atoms with Gasteiger partial charge < -0.3 is 10.2 Å². The first-order valence-electron chi connectivity index (χ1n) is 10.3. The average molecular weight is 407 g/mol. The van der Waals surface area contributed by atoms with Gasteiger partial charge in [-0.05, 0) is 35.9 Å². The molecule has 0 bridgehead atoms. The van der Waals surface area contributed by atoms with E-state index in [1.54, 1.807) is 10.9 Å². The molecule has 7 heteroatoms. The van der Waals surface area contributed by atoms with Crippen LogP contribution in [0.3, 0.4) is 0 Å². The number of nitrogens with zero attached hydrogens (tertiary/aromatic N) is 4. The number of hydrogen-bond acceptors (Lipinski definition) is 4. The van der Waals surface area contributed by atoms with Crippen molar-refractivity contribution in [2.45, 2.75) is 6.04 Å². The van der Waals surface area contributed by atoms with E-state index in [1.165, 1.54) is 12.1 Å². The number of benzene rings is 2. The number of carbonyl (C=O) groups excluding carboxylic acids is 1. The molecule has 2 heterocycles. The summed E-state index contributed by atoms with van der Waals surface area (Å²) in [6, 6.07) is 17.7. The van der Waals surface area contributed by atoms with Gasteiger partial charge in [-0.15, -0.1) is 0 Å². The molecule has 6 nitrogen and oxygen atoms in total. The Morgan fingerprint density at radius 3 is 2.40 bits per heavy atom. The lowest BCUT2D eigenvalue weighted by atomic mass is 10.1. The minimum absolute atomic E-state index is 0.0603. The second kappa shape index (κ2) is 9.54. The molecule has 1 fully saturated rings. The lowest BCUT2D eigenvalue weighted by Crippen LogP contribution is -2.48. The molecule has 1 aliphatic heterocycles. The van der Waals surface area contributed by atoms with Crippen molar-refractivity contribution in [3.63, 3.8) is 0 Å². The van der Waals surface area contributed by atoms with Crippen LogP contribution in [0.1, 0.15) is 11.6 Å². The summed E-state index contributed by atoms with van der Waals surface area (Å²) < 4.78 is 14.8. The number of piperazine rings is 1. The topological polar surface area (TPSA) is 53.4 Å². The molecule has 0 saturated carbocycles. The summed E-state index contributed by atoms with van der Waals surface area (Å²) in [7, 11) is 0. The summed E-state index contributed by atoms with van der Waals surface area (Å²) in [5.41, 5.74) is 1.96. The van der Waals surface area contributed by atoms with Crippen molar-refractivity contribution < 1.29 is 9.18 Å². The van der Waals surface area contributed by atoms with E-state index in [1.807, 2.05) is 54.7 Å². The Hall–Kier alpha value is -3.19. The maximum atomic E-state index is 13.1. The lowest BCUT2D eigenvalue weighted by Gasteiger charge is -2.36. The maximum absolute atomic E-state index is 13.1. The quantitative estimate of drug-likeness (QED) is 0.654. The van der Waals surface area contributed by atoms with Gasteiger partial charge in [0.2, 0.25) is 5.91 Å². The molecule has 1 aromatic heterocycles. The van der Waals surface area contributed by atoms with Gasteiger partial charge in [0.1, 0.15) is 5.82 Å². The molecular weight excluding hydrogens is 381 g/mol. The van der Waals surface area contributed by atoms with E-state index in [2.05, 4.69) is 20.2 Å². The van der Waals surface area contributed by atoms with Crippen LogP contribution in [0.2, 0.25) is 0 Å². The van der Waals surface area contributed by atoms with Gasteiger partial charge in [-0.3, -0.25) is 14.4 Å². The zero-order chi connectivity index (χ0) is 20.8. The van der Waals surface area contributed by atoms with Gasteiger partial charge in [0.25, 0.3) is 0 Å². The van der Waals surface area contributed by atoms with E-state index in [-0.39, 0.29) is 11.7 Å². The second-order valence-corrected chi connectivity index (χ2v) is 7.40. The highest BCUT2D eigenvalue weighted by Gasteiger charge is 2.23. The number of aromatic nitrogens is 2. The highest BCUT2D eigenvalue weighted by molar-refractivity contribution is 5.83. The predicted octanol–water partition coefficient (Wildman–Crippen LogP) is 2.55. The first kappa shape index (κ1) is 20.1. The summed E-state index contributed by atoms with van der Waals surface area (Å²) in [6.07, 6.45) is 3.50. The molecule has 1 aliphatic rings. The highest BCUT2D eigenvalue weighted by atomic mass is 19.1. The van der Waals surface area contributed by atoms with Crippen molar-refractivity contribution >= 4 is 11.6 Å². The van der Waals surface area contributed by atoms with E-state index in [4.69, 9.17) is 0 Å². The van der Waals surface area contributed by atoms with E-state index >= 15 is 0 Å². The van der Waals surface area contributed by atoms with Gasteiger partial charge in [-0.1, -0.05) is 30.3 Å². The van der Waals surface area contributed by atoms with Crippen LogP contribution >= 0.6 is 0 Å². The van der Waals surface area contributed by atoms with Gasteiger partial charge in [0.15, 0.2) is 6.04 Å². The maximum Gasteiger partial charge on any atom is 0.249 e. The third-order valence-electron chi connectivity index (χ3n) is 5.44. The molecule has 1 atom stereocenters. The average Bonchev–Trinajstić information content (AvgIpc) is 3.30. The van der Waals surface area contributed by atoms with Gasteiger partial charge in [0, 0.05) is 57.3 Å². The lowest BCUT2D eigenvalue weighted by molar-refractivity contribution is -0.123. The van der Waals surface area contributed by atoms with Crippen LogP contribution in [0.5, 0.6) is 0 Å². The van der Waals surface area contributed by atoms with Crippen molar-refractivity contribution in [2.24, 2.45) is 0 Å². The van der Waals surface area contributed by atoms with Crippen molar-refractivity contribution in [2.75, 3.05) is 44.2 Å². The minimum atomic E-state index is -0.475. The molecular formula is C23H26FN5O. The number of amides is 1. The van der Waals surface area contributed by atoms with Crippen molar-refractivity contribution in [3.8, 4) is 0 Å². The minimum Gasteiger partial charge on any atom is -0.369 e. The van der Waals surface area contributed by atoms with Crippen LogP contribution in [0, 0.1) is 5.82 Å². The third-order valence-corrected chi connectivity index (χ3v) is 5.44. The SMILES string of the molecule is O=C(NCCN1CCN(c2ccc(F)cc2)CC1)C(c1ccccc1)n1cccn1. The Balaban J connectivity index is 1.27. The third kappa shape index (κ3) is 4.86. The number of anilines is 1. The molecule has 30 heavy (non-hydrogen) atoms. The Kier molecular flexibility index (Phi) is 6.39. The normalized spacial score (nSPS) is 15.7. The molecule has 2 aromatic carbocycles. The summed E-state index contributed by atoms with van der Waals surface area (Å²) in [4.78, 5) is 17.5. The van der Waals surface area contributed by atoms with Crippen LogP contribution in [0.4, 0.5) is 10.1 Å². The fourth-order valence-electron chi connectivity index (χ4n) is 3.81. The Bertz CT molecular complexity index is 922. The molecule has 3 aromatic rings. The summed E-state index contributed by atoms with van der Waals surface area (Å²) in [6.45, 7) is 4.98. The van der Waals surface area contributed by atoms with Crippen LogP contribution in [0.25, 0.3) is 0 Å². The van der Waals surface area contributed by atoms with Crippen molar-refractivity contribution in [1.29, 1.82) is 0 Å². The number of rotatable bonds is 7. The predicted molar refractivity (Wildman–Crippen MR) is 115 cm³/mol. The zero-order valence-electron chi connectivity index (χ0n) is 16.8. The number of nitrogens with one attached hydrogen (secondary N) is 1. The van der Waals surface area contributed by atoms with Gasteiger partial charge in [-0.2, -0.15) is 5.10 Å². The van der Waals surface area contributed by atoms with Crippen LogP contribution in [-0.2, 0) is 4.79 Å². The van der Waals surface area contributed by atoms with E-state index in [0.717, 1.165) is 44.0 Å². The van der Waals surface area contributed by atoms with E-state index < -0.39 is 6.04 Å². The van der Waals surface area contributed by atoms with E-state index in [0.29, 0.717) is 6.54 Å². The fraction of sp³-hybridized carbons (Fsp3) is 0.304. The second-order valence-electron chi connectivity index (χ2n) is 7.40. The molecule has 1 N–H and O–H groups in total. The Morgan fingerprint density at radius 1 is 1.00 bits per heavy atom. The fourth-order valence-corrected chi connectivity index (χ4v) is 3.81. The molecule has 1 saturated heterocycles. The first-order chi connectivity index (χ1) is 14.7.